The summed E-state index contributed by atoms with van der Waals surface area (Å²) >= 11 is 5.95. The van der Waals surface area contributed by atoms with Crippen LogP contribution in [0.4, 0.5) is 4.79 Å². The highest BCUT2D eigenvalue weighted by Crippen LogP contribution is 2.28. The van der Waals surface area contributed by atoms with Crippen molar-refractivity contribution in [3.05, 3.63) is 88.6 Å². The lowest BCUT2D eigenvalue weighted by Crippen LogP contribution is -2.44. The molecule has 5 heteroatoms. The van der Waals surface area contributed by atoms with Gasteiger partial charge in [0.1, 0.15) is 0 Å². The van der Waals surface area contributed by atoms with Gasteiger partial charge in [0.05, 0.1) is 6.04 Å². The molecule has 4 nitrogen and oxygen atoms in total. The Kier molecular flexibility index (Phi) is 5.54. The molecule has 2 aromatic rings. The van der Waals surface area contributed by atoms with Gasteiger partial charge in [-0.3, -0.25) is 4.79 Å². The molecule has 1 atom stereocenters. The maximum absolute atomic E-state index is 12.8. The molecule has 2 aromatic carbocycles. The molecule has 1 aliphatic heterocycles. The molecule has 0 bridgehead atoms. The molecule has 1 heterocycles. The number of nitrogens with one attached hydrogen (secondary N) is 1. The van der Waals surface area contributed by atoms with Crippen molar-refractivity contribution in [2.75, 3.05) is 6.54 Å². The van der Waals surface area contributed by atoms with Crippen molar-refractivity contribution in [1.29, 1.82) is 0 Å². The van der Waals surface area contributed by atoms with Gasteiger partial charge < -0.3 is 10.2 Å². The summed E-state index contributed by atoms with van der Waals surface area (Å²) in [5.41, 5.74) is 2.27. The van der Waals surface area contributed by atoms with Gasteiger partial charge in [-0.15, -0.1) is 0 Å². The Balaban J connectivity index is 1.92. The minimum absolute atomic E-state index is 0.146. The Morgan fingerprint density at radius 2 is 1.85 bits per heavy atom. The van der Waals surface area contributed by atoms with E-state index in [9.17, 15) is 9.59 Å². The Labute approximate surface area is 157 Å². The van der Waals surface area contributed by atoms with Crippen molar-refractivity contribution in [1.82, 2.24) is 10.2 Å². The molecule has 0 aromatic heterocycles. The molecule has 2 amide bonds. The second-order valence-electron chi connectivity index (χ2n) is 5.91. The molecule has 26 heavy (non-hydrogen) atoms. The van der Waals surface area contributed by atoms with Crippen LogP contribution in [-0.4, -0.2) is 23.3 Å². The van der Waals surface area contributed by atoms with E-state index in [0.717, 1.165) is 11.1 Å². The monoisotopic (exact) mass is 366 g/mol. The summed E-state index contributed by atoms with van der Waals surface area (Å²) in [6.07, 6.45) is 4.94. The van der Waals surface area contributed by atoms with Gasteiger partial charge in [0.2, 0.25) is 0 Å². The largest absolute Gasteiger partial charge is 0.327 e. The van der Waals surface area contributed by atoms with Gasteiger partial charge >= 0.3 is 6.03 Å². The van der Waals surface area contributed by atoms with E-state index in [1.807, 2.05) is 49.4 Å². The van der Waals surface area contributed by atoms with Gasteiger partial charge in [-0.05, 0) is 36.3 Å². The first kappa shape index (κ1) is 18.0. The van der Waals surface area contributed by atoms with Crippen LogP contribution in [0.5, 0.6) is 0 Å². The SMILES string of the molecule is CCN1C=C(C(=O)/C=C/c2ccccc2)[C@H](c2ccc(Cl)cc2)NC1=O. The number of rotatable bonds is 5. The quantitative estimate of drug-likeness (QED) is 0.786. The Hall–Kier alpha value is -2.85. The molecule has 0 saturated carbocycles. The van der Waals surface area contributed by atoms with Crippen molar-refractivity contribution in [2.45, 2.75) is 13.0 Å². The number of amides is 2. The lowest BCUT2D eigenvalue weighted by molar-refractivity contribution is -0.111. The second-order valence-corrected chi connectivity index (χ2v) is 6.35. The normalized spacial score (nSPS) is 17.2. The molecule has 3 rings (SSSR count). The van der Waals surface area contributed by atoms with E-state index in [0.29, 0.717) is 17.1 Å². The molecule has 132 valence electrons. The average molecular weight is 367 g/mol. The minimum Gasteiger partial charge on any atom is -0.327 e. The van der Waals surface area contributed by atoms with E-state index >= 15 is 0 Å². The van der Waals surface area contributed by atoms with Crippen LogP contribution in [-0.2, 0) is 4.79 Å². The second kappa shape index (κ2) is 8.02. The number of urea groups is 1. The van der Waals surface area contributed by atoms with Crippen molar-refractivity contribution >= 4 is 29.5 Å². The lowest BCUT2D eigenvalue weighted by atomic mass is 9.94. The Morgan fingerprint density at radius 3 is 2.50 bits per heavy atom. The summed E-state index contributed by atoms with van der Waals surface area (Å²) in [7, 11) is 0. The summed E-state index contributed by atoms with van der Waals surface area (Å²) in [6, 6.07) is 16.0. The predicted octanol–water partition coefficient (Wildman–Crippen LogP) is 4.59. The minimum atomic E-state index is -0.504. The van der Waals surface area contributed by atoms with E-state index < -0.39 is 6.04 Å². The lowest BCUT2D eigenvalue weighted by Gasteiger charge is -2.31. The van der Waals surface area contributed by atoms with E-state index in [4.69, 9.17) is 11.6 Å². The summed E-state index contributed by atoms with van der Waals surface area (Å²) in [5, 5.41) is 3.51. The topological polar surface area (TPSA) is 49.4 Å². The number of carbonyl (C=O) groups excluding carboxylic acids is 2. The van der Waals surface area contributed by atoms with Crippen molar-refractivity contribution in [2.24, 2.45) is 0 Å². The molecule has 0 radical (unpaired) electrons. The molecule has 0 fully saturated rings. The molecule has 0 saturated heterocycles. The molecule has 1 aliphatic rings. The third-order valence-corrected chi connectivity index (χ3v) is 4.44. The molecule has 0 aliphatic carbocycles. The Bertz CT molecular complexity index is 857. The van der Waals surface area contributed by atoms with Gasteiger partial charge in [0, 0.05) is 23.3 Å². The van der Waals surface area contributed by atoms with Crippen LogP contribution in [0.3, 0.4) is 0 Å². The van der Waals surface area contributed by atoms with Gasteiger partial charge in [-0.1, -0.05) is 60.1 Å². The van der Waals surface area contributed by atoms with Crippen LogP contribution in [0, 0.1) is 0 Å². The first-order valence-electron chi connectivity index (χ1n) is 8.40. The molecule has 0 spiro atoms. The third kappa shape index (κ3) is 4.03. The van der Waals surface area contributed by atoms with Gasteiger partial charge in [0.25, 0.3) is 0 Å². The fourth-order valence-electron chi connectivity index (χ4n) is 2.78. The number of ketones is 1. The van der Waals surface area contributed by atoms with Crippen molar-refractivity contribution < 1.29 is 9.59 Å². The zero-order chi connectivity index (χ0) is 18.5. The maximum atomic E-state index is 12.8. The highest BCUT2D eigenvalue weighted by molar-refractivity contribution is 6.30. The average Bonchev–Trinajstić information content (AvgIpc) is 2.67. The summed E-state index contributed by atoms with van der Waals surface area (Å²) in [4.78, 5) is 26.6. The highest BCUT2D eigenvalue weighted by atomic mass is 35.5. The van der Waals surface area contributed by atoms with Crippen LogP contribution < -0.4 is 5.32 Å². The van der Waals surface area contributed by atoms with Crippen LogP contribution in [0.2, 0.25) is 5.02 Å². The highest BCUT2D eigenvalue weighted by Gasteiger charge is 2.30. The molecule has 1 N–H and O–H groups in total. The van der Waals surface area contributed by atoms with Crippen LogP contribution in [0.1, 0.15) is 24.1 Å². The number of allylic oxidation sites excluding steroid dienone is 1. The maximum Gasteiger partial charge on any atom is 0.322 e. The van der Waals surface area contributed by atoms with Crippen LogP contribution >= 0.6 is 11.6 Å². The van der Waals surface area contributed by atoms with E-state index in [-0.39, 0.29) is 11.8 Å². The van der Waals surface area contributed by atoms with Crippen LogP contribution in [0.25, 0.3) is 6.08 Å². The third-order valence-electron chi connectivity index (χ3n) is 4.19. The fraction of sp³-hybridized carbons (Fsp3) is 0.143. The van der Waals surface area contributed by atoms with Crippen LogP contribution in [0.15, 0.2) is 72.4 Å². The summed E-state index contributed by atoms with van der Waals surface area (Å²) < 4.78 is 0. The zero-order valence-electron chi connectivity index (χ0n) is 14.4. The van der Waals surface area contributed by atoms with E-state index in [1.54, 1.807) is 24.4 Å². The molecular weight excluding hydrogens is 348 g/mol. The summed E-state index contributed by atoms with van der Waals surface area (Å²) in [6.45, 7) is 2.35. The summed E-state index contributed by atoms with van der Waals surface area (Å²) in [5.74, 6) is -0.146. The number of nitrogens with zero attached hydrogens (tertiary/aromatic N) is 1. The predicted molar refractivity (Wildman–Crippen MR) is 104 cm³/mol. The smallest absolute Gasteiger partial charge is 0.322 e. The van der Waals surface area contributed by atoms with Gasteiger partial charge in [-0.2, -0.15) is 0 Å². The molecule has 0 unspecified atom stereocenters. The van der Waals surface area contributed by atoms with Gasteiger partial charge in [-0.25, -0.2) is 4.79 Å². The first-order valence-corrected chi connectivity index (χ1v) is 8.78. The number of halogens is 1. The number of carbonyl (C=O) groups is 2. The zero-order valence-corrected chi connectivity index (χ0v) is 15.1. The van der Waals surface area contributed by atoms with Crippen molar-refractivity contribution in [3.8, 4) is 0 Å². The standard InChI is InChI=1S/C21H19ClN2O2/c1-2-24-14-18(19(25)13-8-15-6-4-3-5-7-15)20(23-21(24)26)16-9-11-17(22)12-10-16/h3-14,20H,2H2,1H3,(H,23,26)/b13-8+/t20-/m0/s1. The van der Waals surface area contributed by atoms with Crippen molar-refractivity contribution in [3.63, 3.8) is 0 Å². The Morgan fingerprint density at radius 1 is 1.15 bits per heavy atom. The number of hydrogen-bond acceptors (Lipinski definition) is 2. The fourth-order valence-corrected chi connectivity index (χ4v) is 2.90. The molecular formula is C21H19ClN2O2. The number of benzene rings is 2. The van der Waals surface area contributed by atoms with E-state index in [2.05, 4.69) is 5.32 Å². The van der Waals surface area contributed by atoms with Gasteiger partial charge in [0.15, 0.2) is 5.78 Å². The van der Waals surface area contributed by atoms with E-state index in [1.165, 1.54) is 11.0 Å². The number of hydrogen-bond donors (Lipinski definition) is 1. The first-order chi connectivity index (χ1) is 12.6.